The minimum absolute atomic E-state index is 0.402. The Morgan fingerprint density at radius 1 is 1.32 bits per heavy atom. The summed E-state index contributed by atoms with van der Waals surface area (Å²) in [6, 6.07) is 4.33. The quantitative estimate of drug-likeness (QED) is 0.824. The Labute approximate surface area is 113 Å². The van der Waals surface area contributed by atoms with E-state index in [2.05, 4.69) is 27.4 Å². The van der Waals surface area contributed by atoms with E-state index in [1.165, 1.54) is 0 Å². The summed E-state index contributed by atoms with van der Waals surface area (Å²) in [6.07, 6.45) is 7.27. The Morgan fingerprint density at radius 3 is 2.79 bits per heavy atom. The number of pyridine rings is 1. The van der Waals surface area contributed by atoms with Crippen molar-refractivity contribution in [1.82, 2.24) is 20.4 Å². The summed E-state index contributed by atoms with van der Waals surface area (Å²) in [4.78, 5) is 8.43. The number of rotatable bonds is 7. The molecular formula is C14H20N4O. The molecule has 0 amide bonds. The predicted molar refractivity (Wildman–Crippen MR) is 72.8 cm³/mol. The van der Waals surface area contributed by atoms with Crippen LogP contribution in [0.2, 0.25) is 0 Å². The average Bonchev–Trinajstić information content (AvgIpc) is 2.86. The Balaban J connectivity index is 1.95. The molecule has 0 bridgehead atoms. The standard InChI is InChI=1S/C14H20N4O/c1-3-4-12(15-2)10-14-17-13(18-19-14)9-11-5-7-16-8-6-11/h5-8,12,15H,3-4,9-10H2,1-2H3. The van der Waals surface area contributed by atoms with Gasteiger partial charge in [0.05, 0.1) is 0 Å². The number of nitrogens with zero attached hydrogens (tertiary/aromatic N) is 3. The van der Waals surface area contributed by atoms with Gasteiger partial charge < -0.3 is 9.84 Å². The predicted octanol–water partition coefficient (Wildman–Crippen LogP) is 1.99. The first kappa shape index (κ1) is 13.7. The van der Waals surface area contributed by atoms with E-state index >= 15 is 0 Å². The maximum absolute atomic E-state index is 5.30. The van der Waals surface area contributed by atoms with Crippen molar-refractivity contribution in [2.45, 2.75) is 38.6 Å². The van der Waals surface area contributed by atoms with Crippen LogP contribution >= 0.6 is 0 Å². The molecule has 0 aliphatic rings. The van der Waals surface area contributed by atoms with Crippen molar-refractivity contribution in [3.05, 3.63) is 41.8 Å². The summed E-state index contributed by atoms with van der Waals surface area (Å²) in [5.41, 5.74) is 1.14. The van der Waals surface area contributed by atoms with Gasteiger partial charge in [-0.2, -0.15) is 4.98 Å². The zero-order valence-corrected chi connectivity index (χ0v) is 11.5. The van der Waals surface area contributed by atoms with Gasteiger partial charge in [0, 0.05) is 31.3 Å². The van der Waals surface area contributed by atoms with Gasteiger partial charge in [0.1, 0.15) is 0 Å². The van der Waals surface area contributed by atoms with Gasteiger partial charge in [-0.15, -0.1) is 0 Å². The molecule has 1 N–H and O–H groups in total. The molecule has 1 unspecified atom stereocenters. The Hall–Kier alpha value is -1.75. The van der Waals surface area contributed by atoms with E-state index in [0.717, 1.165) is 30.7 Å². The summed E-state index contributed by atoms with van der Waals surface area (Å²) in [5, 5.41) is 7.30. The number of hydrogen-bond donors (Lipinski definition) is 1. The van der Waals surface area contributed by atoms with Gasteiger partial charge in [-0.25, -0.2) is 0 Å². The van der Waals surface area contributed by atoms with Gasteiger partial charge in [-0.05, 0) is 31.2 Å². The Morgan fingerprint density at radius 2 is 2.11 bits per heavy atom. The smallest absolute Gasteiger partial charge is 0.228 e. The summed E-state index contributed by atoms with van der Waals surface area (Å²) in [6.45, 7) is 2.17. The topological polar surface area (TPSA) is 63.8 Å². The fourth-order valence-electron chi connectivity index (χ4n) is 2.04. The molecule has 0 saturated heterocycles. The molecule has 0 aliphatic heterocycles. The molecule has 1 atom stereocenters. The van der Waals surface area contributed by atoms with Gasteiger partial charge in [0.25, 0.3) is 0 Å². The van der Waals surface area contributed by atoms with Gasteiger partial charge in [0.15, 0.2) is 5.82 Å². The first-order valence-electron chi connectivity index (χ1n) is 6.69. The maximum atomic E-state index is 5.30. The molecule has 19 heavy (non-hydrogen) atoms. The van der Waals surface area contributed by atoms with Crippen LogP contribution in [0.15, 0.2) is 29.0 Å². The van der Waals surface area contributed by atoms with Crippen LogP contribution in [0.1, 0.15) is 37.0 Å². The lowest BCUT2D eigenvalue weighted by atomic mass is 10.1. The molecule has 2 aromatic rings. The minimum Gasteiger partial charge on any atom is -0.339 e. The SMILES string of the molecule is CCCC(Cc1nc(Cc2ccncc2)no1)NC. The highest BCUT2D eigenvalue weighted by atomic mass is 16.5. The van der Waals surface area contributed by atoms with Crippen LogP contribution in [0.4, 0.5) is 0 Å². The number of nitrogens with one attached hydrogen (secondary N) is 1. The molecule has 0 saturated carbocycles. The van der Waals surface area contributed by atoms with E-state index < -0.39 is 0 Å². The number of hydrogen-bond acceptors (Lipinski definition) is 5. The molecule has 2 rings (SSSR count). The highest BCUT2D eigenvalue weighted by Crippen LogP contribution is 2.09. The number of aromatic nitrogens is 3. The molecule has 0 aromatic carbocycles. The highest BCUT2D eigenvalue weighted by Gasteiger charge is 2.12. The molecule has 0 radical (unpaired) electrons. The number of likely N-dealkylation sites (N-methyl/N-ethyl adjacent to an activating group) is 1. The largest absolute Gasteiger partial charge is 0.339 e. The Kier molecular flexibility index (Phi) is 5.03. The molecule has 0 fully saturated rings. The summed E-state index contributed by atoms with van der Waals surface area (Å²) in [7, 11) is 1.97. The van der Waals surface area contributed by atoms with Crippen molar-refractivity contribution in [3.63, 3.8) is 0 Å². The third-order valence-corrected chi connectivity index (χ3v) is 3.09. The molecule has 0 spiro atoms. The van der Waals surface area contributed by atoms with Gasteiger partial charge >= 0.3 is 0 Å². The second kappa shape index (κ2) is 6.99. The minimum atomic E-state index is 0.402. The van der Waals surface area contributed by atoms with E-state index in [9.17, 15) is 0 Å². The monoisotopic (exact) mass is 260 g/mol. The van der Waals surface area contributed by atoms with Crippen molar-refractivity contribution in [2.75, 3.05) is 7.05 Å². The van der Waals surface area contributed by atoms with Crippen molar-refractivity contribution < 1.29 is 4.52 Å². The Bertz CT molecular complexity index is 483. The molecule has 5 nitrogen and oxygen atoms in total. The lowest BCUT2D eigenvalue weighted by Gasteiger charge is -2.11. The second-order valence-corrected chi connectivity index (χ2v) is 4.61. The van der Waals surface area contributed by atoms with Crippen LogP contribution in [0, 0.1) is 0 Å². The highest BCUT2D eigenvalue weighted by molar-refractivity contribution is 5.14. The van der Waals surface area contributed by atoms with Crippen molar-refractivity contribution in [1.29, 1.82) is 0 Å². The first-order chi connectivity index (χ1) is 9.31. The summed E-state index contributed by atoms with van der Waals surface area (Å²) in [5.74, 6) is 1.43. The van der Waals surface area contributed by atoms with Crippen molar-refractivity contribution >= 4 is 0 Å². The van der Waals surface area contributed by atoms with Gasteiger partial charge in [0.2, 0.25) is 5.89 Å². The van der Waals surface area contributed by atoms with Crippen LogP contribution in [-0.2, 0) is 12.8 Å². The van der Waals surface area contributed by atoms with E-state index in [-0.39, 0.29) is 0 Å². The van der Waals surface area contributed by atoms with Crippen LogP contribution < -0.4 is 5.32 Å². The summed E-state index contributed by atoms with van der Waals surface area (Å²) < 4.78 is 5.30. The summed E-state index contributed by atoms with van der Waals surface area (Å²) >= 11 is 0. The van der Waals surface area contributed by atoms with Crippen molar-refractivity contribution in [3.8, 4) is 0 Å². The molecule has 2 aromatic heterocycles. The van der Waals surface area contributed by atoms with E-state index in [4.69, 9.17) is 4.52 Å². The van der Waals surface area contributed by atoms with Crippen LogP contribution in [0.25, 0.3) is 0 Å². The normalized spacial score (nSPS) is 12.5. The first-order valence-corrected chi connectivity index (χ1v) is 6.69. The van der Waals surface area contributed by atoms with Crippen molar-refractivity contribution in [2.24, 2.45) is 0 Å². The zero-order valence-electron chi connectivity index (χ0n) is 11.5. The van der Waals surface area contributed by atoms with Gasteiger partial charge in [-0.1, -0.05) is 18.5 Å². The average molecular weight is 260 g/mol. The third kappa shape index (κ3) is 4.13. The van der Waals surface area contributed by atoms with Crippen LogP contribution in [0.3, 0.4) is 0 Å². The lowest BCUT2D eigenvalue weighted by Crippen LogP contribution is -2.27. The lowest BCUT2D eigenvalue weighted by molar-refractivity contribution is 0.352. The fraction of sp³-hybridized carbons (Fsp3) is 0.500. The third-order valence-electron chi connectivity index (χ3n) is 3.09. The van der Waals surface area contributed by atoms with E-state index in [1.807, 2.05) is 19.2 Å². The molecular weight excluding hydrogens is 240 g/mol. The molecule has 5 heteroatoms. The second-order valence-electron chi connectivity index (χ2n) is 4.61. The molecule has 102 valence electrons. The zero-order chi connectivity index (χ0) is 13.5. The molecule has 2 heterocycles. The maximum Gasteiger partial charge on any atom is 0.228 e. The van der Waals surface area contributed by atoms with Crippen LogP contribution in [-0.4, -0.2) is 28.2 Å². The van der Waals surface area contributed by atoms with E-state index in [0.29, 0.717) is 18.4 Å². The van der Waals surface area contributed by atoms with E-state index in [1.54, 1.807) is 12.4 Å². The molecule has 0 aliphatic carbocycles. The van der Waals surface area contributed by atoms with Crippen LogP contribution in [0.5, 0.6) is 0 Å². The van der Waals surface area contributed by atoms with Gasteiger partial charge in [-0.3, -0.25) is 4.98 Å². The fourth-order valence-corrected chi connectivity index (χ4v) is 2.04.